The standard InChI is InChI=1S/C18H24F3N3O2/c1-2-5-13(7-8-16(25)26)9-10-22-12-14-17(18(19,20)21)23-15-6-3-4-11-24(14)15/h3-4,6,11,13,22H,2,5,7-10,12H2,1H3,(H,25,26). The summed E-state index contributed by atoms with van der Waals surface area (Å²) in [4.78, 5) is 14.4. The molecule has 0 spiro atoms. The third-order valence-corrected chi connectivity index (χ3v) is 4.38. The first-order valence-electron chi connectivity index (χ1n) is 8.78. The normalized spacial score (nSPS) is 13.2. The summed E-state index contributed by atoms with van der Waals surface area (Å²) in [6.07, 6.45) is 0.383. The van der Waals surface area contributed by atoms with Gasteiger partial charge in [-0.05, 0) is 37.4 Å². The molecule has 0 aromatic carbocycles. The molecular formula is C18H24F3N3O2. The van der Waals surface area contributed by atoms with Gasteiger partial charge in [-0.2, -0.15) is 13.2 Å². The molecule has 2 aromatic rings. The Morgan fingerprint density at radius 1 is 1.31 bits per heavy atom. The van der Waals surface area contributed by atoms with E-state index in [-0.39, 0.29) is 30.2 Å². The molecule has 1 atom stereocenters. The third-order valence-electron chi connectivity index (χ3n) is 4.38. The second-order valence-corrected chi connectivity index (χ2v) is 6.39. The number of aliphatic carboxylic acids is 1. The lowest BCUT2D eigenvalue weighted by molar-refractivity contribution is -0.141. The van der Waals surface area contributed by atoms with Gasteiger partial charge in [0.05, 0.1) is 5.69 Å². The van der Waals surface area contributed by atoms with Crippen LogP contribution in [0.4, 0.5) is 13.2 Å². The minimum Gasteiger partial charge on any atom is -0.481 e. The highest BCUT2D eigenvalue weighted by Gasteiger charge is 2.37. The van der Waals surface area contributed by atoms with Gasteiger partial charge in [-0.25, -0.2) is 4.98 Å². The number of halogens is 3. The van der Waals surface area contributed by atoms with Crippen molar-refractivity contribution in [2.24, 2.45) is 5.92 Å². The van der Waals surface area contributed by atoms with Crippen LogP contribution in [0.3, 0.4) is 0 Å². The van der Waals surface area contributed by atoms with E-state index < -0.39 is 17.8 Å². The van der Waals surface area contributed by atoms with E-state index >= 15 is 0 Å². The first-order chi connectivity index (χ1) is 12.3. The molecule has 0 radical (unpaired) electrons. The molecule has 0 saturated heterocycles. The van der Waals surface area contributed by atoms with Gasteiger partial charge >= 0.3 is 12.1 Å². The molecule has 2 aromatic heterocycles. The maximum Gasteiger partial charge on any atom is 0.435 e. The highest BCUT2D eigenvalue weighted by molar-refractivity contribution is 5.66. The van der Waals surface area contributed by atoms with Gasteiger partial charge in [-0.1, -0.05) is 25.8 Å². The van der Waals surface area contributed by atoms with Crippen molar-refractivity contribution in [3.05, 3.63) is 35.8 Å². The summed E-state index contributed by atoms with van der Waals surface area (Å²) in [7, 11) is 0. The minimum atomic E-state index is -4.50. The maximum absolute atomic E-state index is 13.2. The van der Waals surface area contributed by atoms with Gasteiger partial charge in [0, 0.05) is 19.2 Å². The van der Waals surface area contributed by atoms with Gasteiger partial charge < -0.3 is 14.8 Å². The molecule has 0 amide bonds. The fraction of sp³-hybridized carbons (Fsp3) is 0.556. The van der Waals surface area contributed by atoms with Gasteiger partial charge in [-0.15, -0.1) is 0 Å². The molecule has 2 N–H and O–H groups in total. The Labute approximate surface area is 150 Å². The number of carboxylic acids is 1. The smallest absolute Gasteiger partial charge is 0.435 e. The molecule has 0 aliphatic heterocycles. The summed E-state index contributed by atoms with van der Waals surface area (Å²) in [5, 5.41) is 11.9. The van der Waals surface area contributed by atoms with Crippen molar-refractivity contribution in [2.45, 2.75) is 51.7 Å². The molecule has 1 unspecified atom stereocenters. The molecule has 0 aliphatic carbocycles. The molecular weight excluding hydrogens is 347 g/mol. The Balaban J connectivity index is 1.99. The van der Waals surface area contributed by atoms with E-state index in [0.29, 0.717) is 13.0 Å². The zero-order valence-corrected chi connectivity index (χ0v) is 14.7. The number of nitrogens with one attached hydrogen (secondary N) is 1. The van der Waals surface area contributed by atoms with E-state index in [0.717, 1.165) is 19.3 Å². The molecule has 144 valence electrons. The first-order valence-corrected chi connectivity index (χ1v) is 8.78. The number of hydrogen-bond donors (Lipinski definition) is 2. The van der Waals surface area contributed by atoms with Gasteiger partial charge in [0.15, 0.2) is 5.69 Å². The molecule has 0 saturated carbocycles. The zero-order valence-electron chi connectivity index (χ0n) is 14.7. The number of nitrogens with zero attached hydrogens (tertiary/aromatic N) is 2. The number of pyridine rings is 1. The molecule has 5 nitrogen and oxygen atoms in total. The first kappa shape index (κ1) is 20.2. The molecule has 0 fully saturated rings. The predicted molar refractivity (Wildman–Crippen MR) is 91.8 cm³/mol. The minimum absolute atomic E-state index is 0.0534. The number of alkyl halides is 3. The van der Waals surface area contributed by atoms with E-state index in [1.165, 1.54) is 4.40 Å². The van der Waals surface area contributed by atoms with Crippen LogP contribution in [0.25, 0.3) is 5.65 Å². The van der Waals surface area contributed by atoms with E-state index in [1.54, 1.807) is 24.4 Å². The van der Waals surface area contributed by atoms with Gasteiger partial charge in [0.1, 0.15) is 5.65 Å². The lowest BCUT2D eigenvalue weighted by Crippen LogP contribution is -2.21. The molecule has 0 aliphatic rings. The van der Waals surface area contributed by atoms with Crippen molar-refractivity contribution in [3.63, 3.8) is 0 Å². The van der Waals surface area contributed by atoms with Gasteiger partial charge in [0.2, 0.25) is 0 Å². The SMILES string of the molecule is CCCC(CCNCc1c(C(F)(F)F)nc2ccccn12)CCC(=O)O. The largest absolute Gasteiger partial charge is 0.481 e. The monoisotopic (exact) mass is 371 g/mol. The van der Waals surface area contributed by atoms with Crippen molar-refractivity contribution in [1.29, 1.82) is 0 Å². The Morgan fingerprint density at radius 2 is 2.08 bits per heavy atom. The summed E-state index contributed by atoms with van der Waals surface area (Å²) in [6.45, 7) is 2.62. The number of rotatable bonds is 10. The molecule has 0 bridgehead atoms. The summed E-state index contributed by atoms with van der Waals surface area (Å²) in [5.41, 5.74) is -0.514. The lowest BCUT2D eigenvalue weighted by Gasteiger charge is -2.16. The van der Waals surface area contributed by atoms with Crippen LogP contribution >= 0.6 is 0 Å². The van der Waals surface area contributed by atoms with Crippen molar-refractivity contribution < 1.29 is 23.1 Å². The highest BCUT2D eigenvalue weighted by atomic mass is 19.4. The van der Waals surface area contributed by atoms with Crippen LogP contribution < -0.4 is 5.32 Å². The van der Waals surface area contributed by atoms with E-state index in [4.69, 9.17) is 5.11 Å². The van der Waals surface area contributed by atoms with Gasteiger partial charge in [0.25, 0.3) is 0 Å². The van der Waals surface area contributed by atoms with Crippen LogP contribution in [0.2, 0.25) is 0 Å². The summed E-state index contributed by atoms with van der Waals surface area (Å²) >= 11 is 0. The molecule has 26 heavy (non-hydrogen) atoms. The fourth-order valence-electron chi connectivity index (χ4n) is 3.12. The number of fused-ring (bicyclic) bond motifs is 1. The zero-order chi connectivity index (χ0) is 19.2. The van der Waals surface area contributed by atoms with Crippen LogP contribution in [0.1, 0.15) is 50.4 Å². The number of imidazole rings is 1. The van der Waals surface area contributed by atoms with E-state index in [1.807, 2.05) is 6.92 Å². The van der Waals surface area contributed by atoms with Crippen molar-refractivity contribution in [3.8, 4) is 0 Å². The Hall–Kier alpha value is -2.09. The predicted octanol–water partition coefficient (Wildman–Crippen LogP) is 4.11. The second kappa shape index (κ2) is 9.02. The van der Waals surface area contributed by atoms with Crippen LogP contribution in [0, 0.1) is 5.92 Å². The van der Waals surface area contributed by atoms with Crippen molar-refractivity contribution in [2.75, 3.05) is 6.54 Å². The van der Waals surface area contributed by atoms with Gasteiger partial charge in [-0.3, -0.25) is 4.79 Å². The average Bonchev–Trinajstić information content (AvgIpc) is 2.95. The van der Waals surface area contributed by atoms with Crippen molar-refractivity contribution in [1.82, 2.24) is 14.7 Å². The van der Waals surface area contributed by atoms with Crippen LogP contribution in [0.15, 0.2) is 24.4 Å². The molecule has 2 heterocycles. The Kier molecular flexibility index (Phi) is 7.02. The Bertz CT molecular complexity index is 728. The van der Waals surface area contributed by atoms with Crippen molar-refractivity contribution >= 4 is 11.6 Å². The number of hydrogen-bond acceptors (Lipinski definition) is 3. The summed E-state index contributed by atoms with van der Waals surface area (Å²) in [6, 6.07) is 4.86. The fourth-order valence-corrected chi connectivity index (χ4v) is 3.12. The molecule has 2 rings (SSSR count). The Morgan fingerprint density at radius 3 is 2.73 bits per heavy atom. The van der Waals surface area contributed by atoms with Crippen LogP contribution in [0.5, 0.6) is 0 Å². The quantitative estimate of drug-likeness (QED) is 0.617. The summed E-state index contributed by atoms with van der Waals surface area (Å²) in [5.74, 6) is -0.563. The number of carboxylic acid groups (broad SMARTS) is 1. The number of carbonyl (C=O) groups is 1. The average molecular weight is 371 g/mol. The topological polar surface area (TPSA) is 66.6 Å². The second-order valence-electron chi connectivity index (χ2n) is 6.39. The van der Waals surface area contributed by atoms with Crippen LogP contribution in [-0.2, 0) is 17.5 Å². The lowest BCUT2D eigenvalue weighted by atomic mass is 9.94. The van der Waals surface area contributed by atoms with E-state index in [9.17, 15) is 18.0 Å². The number of aromatic nitrogens is 2. The highest BCUT2D eigenvalue weighted by Crippen LogP contribution is 2.31. The summed E-state index contributed by atoms with van der Waals surface area (Å²) < 4.78 is 41.2. The van der Waals surface area contributed by atoms with Crippen LogP contribution in [-0.4, -0.2) is 27.0 Å². The maximum atomic E-state index is 13.2. The molecule has 8 heteroatoms. The third kappa shape index (κ3) is 5.45. The van der Waals surface area contributed by atoms with E-state index in [2.05, 4.69) is 10.3 Å².